The maximum absolute atomic E-state index is 5.28. The molecule has 0 aliphatic carbocycles. The highest BCUT2D eigenvalue weighted by atomic mass is 16.5. The minimum absolute atomic E-state index is 0.335. The molecule has 2 aromatic carbocycles. The number of likely N-dealkylation sites (N-methyl/N-ethyl adjacent to an activating group) is 2. The molecule has 0 fully saturated rings. The maximum Gasteiger partial charge on any atom is 0.119 e. The minimum Gasteiger partial charge on any atom is -0.497 e. The van der Waals surface area contributed by atoms with Crippen molar-refractivity contribution in [2.24, 2.45) is 0 Å². The summed E-state index contributed by atoms with van der Waals surface area (Å²) in [6, 6.07) is 19.1. The second-order valence-electron chi connectivity index (χ2n) is 5.30. The van der Waals surface area contributed by atoms with Gasteiger partial charge in [-0.2, -0.15) is 0 Å². The standard InChI is InChI=1S/C18H24N2O/c1-19-18(16-9-5-4-6-10-16)14-20(2)13-15-8-7-11-17(12-15)21-3/h4-12,18-19H,13-14H2,1-3H3. The molecule has 0 aliphatic rings. The first kappa shape index (κ1) is 15.5. The Morgan fingerprint density at radius 1 is 1.10 bits per heavy atom. The Balaban J connectivity index is 1.98. The lowest BCUT2D eigenvalue weighted by Crippen LogP contribution is -2.30. The number of hydrogen-bond acceptors (Lipinski definition) is 3. The fourth-order valence-electron chi connectivity index (χ4n) is 2.51. The van der Waals surface area contributed by atoms with Gasteiger partial charge in [0.05, 0.1) is 7.11 Å². The van der Waals surface area contributed by atoms with Crippen LogP contribution in [0.5, 0.6) is 5.75 Å². The first-order valence-electron chi connectivity index (χ1n) is 7.26. The molecular weight excluding hydrogens is 260 g/mol. The molecule has 1 N–H and O–H groups in total. The summed E-state index contributed by atoms with van der Waals surface area (Å²) in [6.45, 7) is 1.86. The Labute approximate surface area is 127 Å². The van der Waals surface area contributed by atoms with Crippen LogP contribution in [0.1, 0.15) is 17.2 Å². The number of methoxy groups -OCH3 is 1. The van der Waals surface area contributed by atoms with E-state index in [1.165, 1.54) is 11.1 Å². The van der Waals surface area contributed by atoms with Crippen molar-refractivity contribution in [2.45, 2.75) is 12.6 Å². The van der Waals surface area contributed by atoms with Gasteiger partial charge >= 0.3 is 0 Å². The summed E-state index contributed by atoms with van der Waals surface area (Å²) in [7, 11) is 5.86. The van der Waals surface area contributed by atoms with E-state index in [9.17, 15) is 0 Å². The third-order valence-corrected chi connectivity index (χ3v) is 3.63. The van der Waals surface area contributed by atoms with E-state index in [0.717, 1.165) is 18.8 Å². The van der Waals surface area contributed by atoms with Gasteiger partial charge in [0.15, 0.2) is 0 Å². The molecule has 0 heterocycles. The fourth-order valence-corrected chi connectivity index (χ4v) is 2.51. The van der Waals surface area contributed by atoms with E-state index in [4.69, 9.17) is 4.74 Å². The van der Waals surface area contributed by atoms with Crippen molar-refractivity contribution in [3.63, 3.8) is 0 Å². The zero-order chi connectivity index (χ0) is 15.1. The first-order valence-corrected chi connectivity index (χ1v) is 7.26. The summed E-state index contributed by atoms with van der Waals surface area (Å²) in [5.41, 5.74) is 2.58. The SMILES string of the molecule is CNC(CN(C)Cc1cccc(OC)c1)c1ccccc1. The van der Waals surface area contributed by atoms with E-state index in [2.05, 4.69) is 59.7 Å². The zero-order valence-corrected chi connectivity index (χ0v) is 13.0. The molecule has 0 saturated heterocycles. The lowest BCUT2D eigenvalue weighted by atomic mass is 10.1. The summed E-state index contributed by atoms with van der Waals surface area (Å²) in [6.07, 6.45) is 0. The highest BCUT2D eigenvalue weighted by Crippen LogP contribution is 2.17. The topological polar surface area (TPSA) is 24.5 Å². The van der Waals surface area contributed by atoms with E-state index < -0.39 is 0 Å². The van der Waals surface area contributed by atoms with Crippen LogP contribution in [0, 0.1) is 0 Å². The van der Waals surface area contributed by atoms with Crippen LogP contribution in [0.4, 0.5) is 0 Å². The van der Waals surface area contributed by atoms with Gasteiger partial charge in [-0.15, -0.1) is 0 Å². The number of ether oxygens (including phenoxy) is 1. The minimum atomic E-state index is 0.335. The molecule has 21 heavy (non-hydrogen) atoms. The Bertz CT molecular complexity index is 542. The largest absolute Gasteiger partial charge is 0.497 e. The molecule has 3 nitrogen and oxygen atoms in total. The van der Waals surface area contributed by atoms with Gasteiger partial charge in [0.25, 0.3) is 0 Å². The molecule has 0 amide bonds. The Hall–Kier alpha value is -1.84. The zero-order valence-electron chi connectivity index (χ0n) is 13.0. The second-order valence-corrected chi connectivity index (χ2v) is 5.30. The van der Waals surface area contributed by atoms with Crippen molar-refractivity contribution < 1.29 is 4.74 Å². The van der Waals surface area contributed by atoms with Crippen molar-refractivity contribution >= 4 is 0 Å². The van der Waals surface area contributed by atoms with Gasteiger partial charge in [-0.1, -0.05) is 42.5 Å². The molecule has 0 spiro atoms. The van der Waals surface area contributed by atoms with Crippen LogP contribution in [0.15, 0.2) is 54.6 Å². The van der Waals surface area contributed by atoms with E-state index >= 15 is 0 Å². The third-order valence-electron chi connectivity index (χ3n) is 3.63. The molecule has 0 radical (unpaired) electrons. The highest BCUT2D eigenvalue weighted by molar-refractivity contribution is 5.28. The second kappa shape index (κ2) is 7.81. The van der Waals surface area contributed by atoms with Crippen LogP contribution in [0.2, 0.25) is 0 Å². The van der Waals surface area contributed by atoms with Gasteiger partial charge in [-0.3, -0.25) is 0 Å². The Morgan fingerprint density at radius 2 is 1.86 bits per heavy atom. The van der Waals surface area contributed by atoms with E-state index in [1.807, 2.05) is 19.2 Å². The van der Waals surface area contributed by atoms with Crippen molar-refractivity contribution in [3.05, 3.63) is 65.7 Å². The summed E-state index contributed by atoms with van der Waals surface area (Å²) < 4.78 is 5.28. The van der Waals surface area contributed by atoms with Crippen LogP contribution in [-0.4, -0.2) is 32.6 Å². The molecule has 2 rings (SSSR count). The van der Waals surface area contributed by atoms with Crippen LogP contribution < -0.4 is 10.1 Å². The molecule has 0 bridgehead atoms. The molecule has 0 aromatic heterocycles. The van der Waals surface area contributed by atoms with E-state index in [1.54, 1.807) is 7.11 Å². The number of benzene rings is 2. The smallest absolute Gasteiger partial charge is 0.119 e. The molecular formula is C18H24N2O. The fraction of sp³-hybridized carbons (Fsp3) is 0.333. The molecule has 3 heteroatoms. The number of hydrogen-bond donors (Lipinski definition) is 1. The summed E-state index contributed by atoms with van der Waals surface area (Å²) in [4.78, 5) is 2.32. The predicted molar refractivity (Wildman–Crippen MR) is 87.6 cm³/mol. The van der Waals surface area contributed by atoms with Gasteiger partial charge in [0.2, 0.25) is 0 Å². The van der Waals surface area contributed by atoms with Gasteiger partial charge in [-0.25, -0.2) is 0 Å². The van der Waals surface area contributed by atoms with E-state index in [-0.39, 0.29) is 0 Å². The van der Waals surface area contributed by atoms with Gasteiger partial charge in [0.1, 0.15) is 5.75 Å². The number of nitrogens with zero attached hydrogens (tertiary/aromatic N) is 1. The normalized spacial score (nSPS) is 12.4. The Kier molecular flexibility index (Phi) is 5.78. The summed E-state index contributed by atoms with van der Waals surface area (Å²) >= 11 is 0. The quantitative estimate of drug-likeness (QED) is 0.845. The van der Waals surface area contributed by atoms with Crippen molar-refractivity contribution in [2.75, 3.05) is 27.7 Å². The van der Waals surface area contributed by atoms with Gasteiger partial charge in [-0.05, 0) is 37.4 Å². The molecule has 1 atom stereocenters. The van der Waals surface area contributed by atoms with Crippen LogP contribution in [0.3, 0.4) is 0 Å². The van der Waals surface area contributed by atoms with Gasteiger partial charge in [0, 0.05) is 19.1 Å². The first-order chi connectivity index (χ1) is 10.2. The van der Waals surface area contributed by atoms with Crippen LogP contribution in [0.25, 0.3) is 0 Å². The Morgan fingerprint density at radius 3 is 2.52 bits per heavy atom. The molecule has 0 saturated carbocycles. The summed E-state index contributed by atoms with van der Waals surface area (Å²) in [5, 5.41) is 3.39. The predicted octanol–water partition coefficient (Wildman–Crippen LogP) is 3.09. The van der Waals surface area contributed by atoms with Crippen LogP contribution >= 0.6 is 0 Å². The summed E-state index contributed by atoms with van der Waals surface area (Å²) in [5.74, 6) is 0.911. The van der Waals surface area contributed by atoms with Crippen LogP contribution in [-0.2, 0) is 6.54 Å². The monoisotopic (exact) mass is 284 g/mol. The van der Waals surface area contributed by atoms with Crippen molar-refractivity contribution in [1.82, 2.24) is 10.2 Å². The average molecular weight is 284 g/mol. The highest BCUT2D eigenvalue weighted by Gasteiger charge is 2.12. The maximum atomic E-state index is 5.28. The lowest BCUT2D eigenvalue weighted by Gasteiger charge is -2.24. The van der Waals surface area contributed by atoms with E-state index in [0.29, 0.717) is 6.04 Å². The lowest BCUT2D eigenvalue weighted by molar-refractivity contribution is 0.289. The average Bonchev–Trinajstić information content (AvgIpc) is 2.53. The molecule has 2 aromatic rings. The third kappa shape index (κ3) is 4.59. The number of nitrogens with one attached hydrogen (secondary N) is 1. The van der Waals surface area contributed by atoms with Crippen molar-refractivity contribution in [3.8, 4) is 5.75 Å². The number of rotatable bonds is 7. The molecule has 112 valence electrons. The van der Waals surface area contributed by atoms with Crippen molar-refractivity contribution in [1.29, 1.82) is 0 Å². The molecule has 1 unspecified atom stereocenters. The van der Waals surface area contributed by atoms with Gasteiger partial charge < -0.3 is 15.0 Å². The molecule has 0 aliphatic heterocycles.